The summed E-state index contributed by atoms with van der Waals surface area (Å²) in [6, 6.07) is 0. The van der Waals surface area contributed by atoms with Crippen LogP contribution in [0.25, 0.3) is 5.70 Å². The number of allylic oxidation sites excluding steroid dienone is 1. The lowest BCUT2D eigenvalue weighted by molar-refractivity contribution is 0.222. The number of hydroxylamine groups is 1. The maximum absolute atomic E-state index is 9.34. The molecular weight excluding hydrogens is 260 g/mol. The largest absolute Gasteiger partial charge is 0.360 e. The Morgan fingerprint density at radius 2 is 2.37 bits per heavy atom. The van der Waals surface area contributed by atoms with E-state index in [0.717, 1.165) is 47.7 Å². The first-order valence-electron chi connectivity index (χ1n) is 6.90. The van der Waals surface area contributed by atoms with E-state index in [1.807, 2.05) is 18.7 Å². The summed E-state index contributed by atoms with van der Waals surface area (Å²) < 4.78 is 5.43. The van der Waals surface area contributed by atoms with Crippen LogP contribution in [0.1, 0.15) is 44.2 Å². The van der Waals surface area contributed by atoms with Gasteiger partial charge < -0.3 is 4.52 Å². The third-order valence-corrected chi connectivity index (χ3v) is 4.59. The fourth-order valence-electron chi connectivity index (χ4n) is 2.69. The number of rotatable bonds is 6. The summed E-state index contributed by atoms with van der Waals surface area (Å²) >= 11 is 1.97. The van der Waals surface area contributed by atoms with Crippen molar-refractivity contribution in [3.8, 4) is 0 Å². The maximum Gasteiger partial charge on any atom is 0.146 e. The van der Waals surface area contributed by atoms with Crippen molar-refractivity contribution in [3.05, 3.63) is 23.1 Å². The van der Waals surface area contributed by atoms with E-state index in [1.165, 1.54) is 0 Å². The van der Waals surface area contributed by atoms with Gasteiger partial charge in [-0.05, 0) is 24.5 Å². The van der Waals surface area contributed by atoms with Gasteiger partial charge in [0, 0.05) is 11.7 Å². The molecule has 0 radical (unpaired) electrons. The number of nitrogens with one attached hydrogen (secondary N) is 1. The number of fused-ring (bicyclic) bond motifs is 1. The topological polar surface area (TPSA) is 58.3 Å². The van der Waals surface area contributed by atoms with Crippen LogP contribution in [0.4, 0.5) is 0 Å². The first-order chi connectivity index (χ1) is 9.19. The molecule has 0 saturated carbocycles. The van der Waals surface area contributed by atoms with Crippen LogP contribution in [0.15, 0.2) is 10.6 Å². The fourth-order valence-corrected chi connectivity index (χ4v) is 3.64. The highest BCUT2D eigenvalue weighted by Crippen LogP contribution is 2.33. The third-order valence-electron chi connectivity index (χ3n) is 3.49. The van der Waals surface area contributed by atoms with Gasteiger partial charge in [-0.15, -0.1) is 0 Å². The lowest BCUT2D eigenvalue weighted by Gasteiger charge is -2.22. The SMILES string of the molecule is CCS[C@H](C)C[C@H]1C=C(NO)c2c(CC)noc2C1. The van der Waals surface area contributed by atoms with E-state index in [0.29, 0.717) is 11.2 Å². The molecule has 1 heterocycles. The van der Waals surface area contributed by atoms with Gasteiger partial charge in [0.2, 0.25) is 0 Å². The zero-order chi connectivity index (χ0) is 13.8. The van der Waals surface area contributed by atoms with E-state index in [4.69, 9.17) is 4.52 Å². The molecule has 106 valence electrons. The Morgan fingerprint density at radius 3 is 3.00 bits per heavy atom. The van der Waals surface area contributed by atoms with Crippen LogP contribution in [0.2, 0.25) is 0 Å². The molecule has 0 aliphatic heterocycles. The standard InChI is InChI=1S/C14H22N2O2S/c1-4-11-14-12(15-17)7-10(6-9(3)19-5-2)8-13(14)18-16-11/h7,9-10,15,17H,4-6,8H2,1-3H3/t9-,10+/m1/s1. The van der Waals surface area contributed by atoms with Gasteiger partial charge in [0.15, 0.2) is 0 Å². The van der Waals surface area contributed by atoms with Crippen LogP contribution in [0.5, 0.6) is 0 Å². The summed E-state index contributed by atoms with van der Waals surface area (Å²) in [6.07, 6.45) is 4.89. The average Bonchev–Trinajstić information content (AvgIpc) is 2.81. The lowest BCUT2D eigenvalue weighted by atomic mass is 9.88. The van der Waals surface area contributed by atoms with E-state index in [1.54, 1.807) is 0 Å². The minimum atomic E-state index is 0.397. The second kappa shape index (κ2) is 6.48. The van der Waals surface area contributed by atoms with Crippen LogP contribution in [-0.4, -0.2) is 21.4 Å². The van der Waals surface area contributed by atoms with E-state index >= 15 is 0 Å². The van der Waals surface area contributed by atoms with Gasteiger partial charge in [0.25, 0.3) is 0 Å². The molecule has 1 aliphatic rings. The van der Waals surface area contributed by atoms with Gasteiger partial charge in [-0.3, -0.25) is 10.7 Å². The first-order valence-corrected chi connectivity index (χ1v) is 7.95. The number of hydrogen-bond donors (Lipinski definition) is 2. The van der Waals surface area contributed by atoms with Crippen molar-refractivity contribution in [1.82, 2.24) is 10.6 Å². The van der Waals surface area contributed by atoms with Crippen molar-refractivity contribution >= 4 is 17.5 Å². The highest BCUT2D eigenvalue weighted by Gasteiger charge is 2.27. The molecule has 19 heavy (non-hydrogen) atoms. The van der Waals surface area contributed by atoms with Gasteiger partial charge in [0.1, 0.15) is 5.76 Å². The van der Waals surface area contributed by atoms with Crippen LogP contribution < -0.4 is 5.48 Å². The Labute approximate surface area is 118 Å². The zero-order valence-corrected chi connectivity index (χ0v) is 12.6. The first kappa shape index (κ1) is 14.5. The van der Waals surface area contributed by atoms with Crippen LogP contribution in [0.3, 0.4) is 0 Å². The van der Waals surface area contributed by atoms with Crippen molar-refractivity contribution in [2.75, 3.05) is 5.75 Å². The molecule has 0 unspecified atom stereocenters. The molecule has 0 bridgehead atoms. The Bertz CT molecular complexity index is 456. The summed E-state index contributed by atoms with van der Waals surface area (Å²) in [4.78, 5) is 0. The van der Waals surface area contributed by atoms with Gasteiger partial charge >= 0.3 is 0 Å². The number of aryl methyl sites for hydroxylation is 1. The monoisotopic (exact) mass is 282 g/mol. The molecular formula is C14H22N2O2S. The zero-order valence-electron chi connectivity index (χ0n) is 11.8. The van der Waals surface area contributed by atoms with Crippen molar-refractivity contribution in [1.29, 1.82) is 0 Å². The second-order valence-corrected chi connectivity index (χ2v) is 6.65. The molecule has 4 nitrogen and oxygen atoms in total. The van der Waals surface area contributed by atoms with Crippen molar-refractivity contribution in [3.63, 3.8) is 0 Å². The molecule has 5 heteroatoms. The molecule has 2 N–H and O–H groups in total. The van der Waals surface area contributed by atoms with Crippen LogP contribution in [0, 0.1) is 5.92 Å². The minimum absolute atomic E-state index is 0.397. The van der Waals surface area contributed by atoms with Gasteiger partial charge in [-0.25, -0.2) is 0 Å². The van der Waals surface area contributed by atoms with Crippen molar-refractivity contribution in [2.24, 2.45) is 5.92 Å². The summed E-state index contributed by atoms with van der Waals surface area (Å²) in [5.41, 5.74) is 4.93. The van der Waals surface area contributed by atoms with E-state index in [9.17, 15) is 5.21 Å². The Balaban J connectivity index is 2.17. The van der Waals surface area contributed by atoms with Gasteiger partial charge in [-0.2, -0.15) is 11.8 Å². The summed E-state index contributed by atoms with van der Waals surface area (Å²) in [5, 5.41) is 14.0. The van der Waals surface area contributed by atoms with Gasteiger partial charge in [-0.1, -0.05) is 32.0 Å². The Hall–Kier alpha value is -0.940. The Morgan fingerprint density at radius 1 is 1.58 bits per heavy atom. The quantitative estimate of drug-likeness (QED) is 0.784. The molecule has 2 rings (SSSR count). The van der Waals surface area contributed by atoms with Crippen molar-refractivity contribution in [2.45, 2.75) is 45.3 Å². The normalized spacial score (nSPS) is 19.8. The molecule has 0 fully saturated rings. The molecule has 2 atom stereocenters. The number of nitrogens with zero attached hydrogens (tertiary/aromatic N) is 1. The predicted octanol–water partition coefficient (Wildman–Crippen LogP) is 3.26. The maximum atomic E-state index is 9.34. The summed E-state index contributed by atoms with van der Waals surface area (Å²) in [6.45, 7) is 6.47. The minimum Gasteiger partial charge on any atom is -0.360 e. The van der Waals surface area contributed by atoms with E-state index in [2.05, 4.69) is 30.6 Å². The smallest absolute Gasteiger partial charge is 0.146 e. The summed E-state index contributed by atoms with van der Waals surface area (Å²) in [7, 11) is 0. The molecule has 0 amide bonds. The van der Waals surface area contributed by atoms with E-state index < -0.39 is 0 Å². The van der Waals surface area contributed by atoms with Gasteiger partial charge in [0.05, 0.1) is 17.0 Å². The highest BCUT2D eigenvalue weighted by molar-refractivity contribution is 7.99. The molecule has 0 saturated heterocycles. The van der Waals surface area contributed by atoms with Crippen molar-refractivity contribution < 1.29 is 9.73 Å². The second-order valence-electron chi connectivity index (χ2n) is 4.94. The number of hydrogen-bond acceptors (Lipinski definition) is 5. The van der Waals surface area contributed by atoms with Crippen LogP contribution >= 0.6 is 11.8 Å². The molecule has 0 spiro atoms. The molecule has 1 aliphatic carbocycles. The molecule has 1 aromatic rings. The predicted molar refractivity (Wildman–Crippen MR) is 78.2 cm³/mol. The fraction of sp³-hybridized carbons (Fsp3) is 0.643. The Kier molecular flexibility index (Phi) is 4.93. The van der Waals surface area contributed by atoms with E-state index in [-0.39, 0.29) is 0 Å². The average molecular weight is 282 g/mol. The third kappa shape index (κ3) is 3.15. The lowest BCUT2D eigenvalue weighted by Crippen LogP contribution is -2.19. The number of aromatic nitrogens is 1. The molecule has 0 aromatic carbocycles. The number of thioether (sulfide) groups is 1. The highest BCUT2D eigenvalue weighted by atomic mass is 32.2. The summed E-state index contributed by atoms with van der Waals surface area (Å²) in [5.74, 6) is 2.43. The van der Waals surface area contributed by atoms with Crippen LogP contribution in [-0.2, 0) is 12.8 Å². The molecule has 1 aromatic heterocycles.